The number of aromatic nitrogens is 1. The van der Waals surface area contributed by atoms with E-state index in [1.165, 1.54) is 4.88 Å². The van der Waals surface area contributed by atoms with Gasteiger partial charge in [0.05, 0.1) is 5.56 Å². The number of phenols is 1. The number of hydrogen-bond acceptors (Lipinski definition) is 3. The van der Waals surface area contributed by atoms with Crippen molar-refractivity contribution in [1.82, 2.24) is 4.98 Å². The first-order valence-corrected chi connectivity index (χ1v) is 5.74. The third kappa shape index (κ3) is 2.02. The average Bonchev–Trinajstić information content (AvgIpc) is 2.67. The van der Waals surface area contributed by atoms with Crippen molar-refractivity contribution in [3.8, 4) is 16.3 Å². The lowest BCUT2D eigenvalue weighted by molar-refractivity contribution is 0.477. The molecule has 1 aromatic heterocycles. The summed E-state index contributed by atoms with van der Waals surface area (Å²) in [6.07, 6.45) is 1.89. The quantitative estimate of drug-likeness (QED) is 0.836. The Kier molecular flexibility index (Phi) is 2.73. The maximum Gasteiger partial charge on any atom is 0.127 e. The van der Waals surface area contributed by atoms with Crippen LogP contribution in [0.25, 0.3) is 10.6 Å². The molecule has 15 heavy (non-hydrogen) atoms. The van der Waals surface area contributed by atoms with Gasteiger partial charge in [-0.1, -0.05) is 26.0 Å². The highest BCUT2D eigenvalue weighted by Gasteiger charge is 2.09. The van der Waals surface area contributed by atoms with Gasteiger partial charge >= 0.3 is 0 Å². The van der Waals surface area contributed by atoms with Crippen molar-refractivity contribution in [2.24, 2.45) is 0 Å². The Morgan fingerprint density at radius 3 is 2.60 bits per heavy atom. The van der Waals surface area contributed by atoms with Crippen molar-refractivity contribution in [2.45, 2.75) is 19.8 Å². The van der Waals surface area contributed by atoms with Gasteiger partial charge < -0.3 is 5.11 Å². The number of para-hydroxylation sites is 1. The maximum atomic E-state index is 9.68. The van der Waals surface area contributed by atoms with E-state index in [1.54, 1.807) is 17.4 Å². The molecule has 1 N–H and O–H groups in total. The van der Waals surface area contributed by atoms with Crippen molar-refractivity contribution >= 4 is 11.3 Å². The second-order valence-electron chi connectivity index (χ2n) is 3.74. The number of phenolic OH excluding ortho intramolecular Hbond substituents is 1. The molecule has 1 heterocycles. The Balaban J connectivity index is 2.42. The zero-order chi connectivity index (χ0) is 10.8. The molecule has 0 saturated heterocycles. The van der Waals surface area contributed by atoms with Gasteiger partial charge in [-0.05, 0) is 18.1 Å². The van der Waals surface area contributed by atoms with Crippen LogP contribution < -0.4 is 0 Å². The SMILES string of the molecule is CC(C)c1cnc(-c2ccccc2O)s1. The molecule has 0 atom stereocenters. The zero-order valence-electron chi connectivity index (χ0n) is 8.77. The van der Waals surface area contributed by atoms with Gasteiger partial charge in [0, 0.05) is 11.1 Å². The second-order valence-corrected chi connectivity index (χ2v) is 4.80. The minimum atomic E-state index is 0.294. The maximum absolute atomic E-state index is 9.68. The van der Waals surface area contributed by atoms with Crippen LogP contribution in [0.15, 0.2) is 30.5 Å². The van der Waals surface area contributed by atoms with E-state index in [1.807, 2.05) is 24.4 Å². The standard InChI is InChI=1S/C12H13NOS/c1-8(2)11-7-13-12(15-11)9-5-3-4-6-10(9)14/h3-8,14H,1-2H3. The lowest BCUT2D eigenvalue weighted by Crippen LogP contribution is -1.77. The van der Waals surface area contributed by atoms with E-state index in [2.05, 4.69) is 18.8 Å². The summed E-state index contributed by atoms with van der Waals surface area (Å²) >= 11 is 1.64. The molecule has 0 bridgehead atoms. The smallest absolute Gasteiger partial charge is 0.127 e. The third-order valence-electron chi connectivity index (χ3n) is 2.23. The number of thiazole rings is 1. The van der Waals surface area contributed by atoms with Crippen molar-refractivity contribution < 1.29 is 5.11 Å². The molecular weight excluding hydrogens is 206 g/mol. The number of nitrogens with zero attached hydrogens (tertiary/aromatic N) is 1. The van der Waals surface area contributed by atoms with Crippen molar-refractivity contribution in [3.05, 3.63) is 35.3 Å². The molecule has 0 spiro atoms. The van der Waals surface area contributed by atoms with Crippen LogP contribution in [0.4, 0.5) is 0 Å². The highest BCUT2D eigenvalue weighted by Crippen LogP contribution is 2.33. The molecule has 0 aliphatic carbocycles. The molecule has 3 heteroatoms. The summed E-state index contributed by atoms with van der Waals surface area (Å²) in [5.74, 6) is 0.782. The Morgan fingerprint density at radius 2 is 2.00 bits per heavy atom. The Bertz CT molecular complexity index is 462. The molecule has 0 saturated carbocycles. The Hall–Kier alpha value is -1.35. The predicted molar refractivity (Wildman–Crippen MR) is 63.3 cm³/mol. The summed E-state index contributed by atoms with van der Waals surface area (Å²) in [4.78, 5) is 5.57. The molecule has 2 aromatic rings. The van der Waals surface area contributed by atoms with E-state index in [4.69, 9.17) is 0 Å². The fourth-order valence-electron chi connectivity index (χ4n) is 1.33. The fourth-order valence-corrected chi connectivity index (χ4v) is 2.28. The molecule has 2 nitrogen and oxygen atoms in total. The van der Waals surface area contributed by atoms with Crippen molar-refractivity contribution in [1.29, 1.82) is 0 Å². The first-order valence-electron chi connectivity index (χ1n) is 4.92. The van der Waals surface area contributed by atoms with Crippen LogP contribution in [-0.2, 0) is 0 Å². The molecule has 0 unspecified atom stereocenters. The summed E-state index contributed by atoms with van der Waals surface area (Å²) in [6.45, 7) is 4.28. The van der Waals surface area contributed by atoms with Gasteiger partial charge in [0.15, 0.2) is 0 Å². The lowest BCUT2D eigenvalue weighted by atomic mass is 10.2. The van der Waals surface area contributed by atoms with Gasteiger partial charge in [0.25, 0.3) is 0 Å². The van der Waals surface area contributed by atoms with E-state index in [-0.39, 0.29) is 0 Å². The van der Waals surface area contributed by atoms with Crippen LogP contribution in [0.5, 0.6) is 5.75 Å². The van der Waals surface area contributed by atoms with Crippen LogP contribution in [0.1, 0.15) is 24.6 Å². The Morgan fingerprint density at radius 1 is 1.27 bits per heavy atom. The van der Waals surface area contributed by atoms with E-state index < -0.39 is 0 Å². The molecular formula is C12H13NOS. The summed E-state index contributed by atoms with van der Waals surface area (Å²) < 4.78 is 0. The largest absolute Gasteiger partial charge is 0.507 e. The summed E-state index contributed by atoms with van der Waals surface area (Å²) in [5.41, 5.74) is 0.814. The molecule has 0 aliphatic rings. The zero-order valence-corrected chi connectivity index (χ0v) is 9.58. The van der Waals surface area contributed by atoms with Crippen LogP contribution in [0, 0.1) is 0 Å². The van der Waals surface area contributed by atoms with Gasteiger partial charge in [0.1, 0.15) is 10.8 Å². The summed E-state index contributed by atoms with van der Waals surface area (Å²) in [5, 5.41) is 10.6. The molecule has 0 amide bonds. The van der Waals surface area contributed by atoms with Crippen LogP contribution in [0.3, 0.4) is 0 Å². The van der Waals surface area contributed by atoms with Gasteiger partial charge in [-0.25, -0.2) is 4.98 Å². The molecule has 0 fully saturated rings. The van der Waals surface area contributed by atoms with Gasteiger partial charge in [-0.3, -0.25) is 0 Å². The normalized spacial score (nSPS) is 10.9. The Labute approximate surface area is 93.2 Å². The molecule has 78 valence electrons. The number of hydrogen-bond donors (Lipinski definition) is 1. The van der Waals surface area contributed by atoms with E-state index >= 15 is 0 Å². The van der Waals surface area contributed by atoms with Gasteiger partial charge in [-0.15, -0.1) is 11.3 Å². The third-order valence-corrected chi connectivity index (χ3v) is 3.56. The molecule has 2 rings (SSSR count). The van der Waals surface area contributed by atoms with Crippen molar-refractivity contribution in [2.75, 3.05) is 0 Å². The van der Waals surface area contributed by atoms with Crippen LogP contribution in [-0.4, -0.2) is 10.1 Å². The number of rotatable bonds is 2. The topological polar surface area (TPSA) is 33.1 Å². The van der Waals surface area contributed by atoms with E-state index in [0.717, 1.165) is 10.6 Å². The number of benzene rings is 1. The minimum Gasteiger partial charge on any atom is -0.507 e. The van der Waals surface area contributed by atoms with Crippen LogP contribution in [0.2, 0.25) is 0 Å². The van der Waals surface area contributed by atoms with Gasteiger partial charge in [0.2, 0.25) is 0 Å². The molecule has 0 radical (unpaired) electrons. The molecule has 1 aromatic carbocycles. The fraction of sp³-hybridized carbons (Fsp3) is 0.250. The molecule has 0 aliphatic heterocycles. The summed E-state index contributed by atoms with van der Waals surface area (Å²) in [7, 11) is 0. The minimum absolute atomic E-state index is 0.294. The first-order chi connectivity index (χ1) is 7.18. The first kappa shape index (κ1) is 10.2. The summed E-state index contributed by atoms with van der Waals surface area (Å²) in [6, 6.07) is 7.30. The predicted octanol–water partition coefficient (Wildman–Crippen LogP) is 3.64. The monoisotopic (exact) mass is 219 g/mol. The van der Waals surface area contributed by atoms with E-state index in [0.29, 0.717) is 11.7 Å². The second kappa shape index (κ2) is 4.03. The van der Waals surface area contributed by atoms with E-state index in [9.17, 15) is 5.11 Å². The lowest BCUT2D eigenvalue weighted by Gasteiger charge is -1.99. The van der Waals surface area contributed by atoms with Gasteiger partial charge in [-0.2, -0.15) is 0 Å². The average molecular weight is 219 g/mol. The number of aromatic hydroxyl groups is 1. The van der Waals surface area contributed by atoms with Crippen LogP contribution >= 0.6 is 11.3 Å². The van der Waals surface area contributed by atoms with Crippen molar-refractivity contribution in [3.63, 3.8) is 0 Å². The highest BCUT2D eigenvalue weighted by atomic mass is 32.1. The highest BCUT2D eigenvalue weighted by molar-refractivity contribution is 7.15.